The summed E-state index contributed by atoms with van der Waals surface area (Å²) >= 11 is 6.21. The molecule has 2 aromatic rings. The molecule has 0 saturated carbocycles. The summed E-state index contributed by atoms with van der Waals surface area (Å²) in [4.78, 5) is 22.5. The summed E-state index contributed by atoms with van der Waals surface area (Å²) in [5, 5.41) is 6.63. The molecule has 1 aromatic heterocycles. The van der Waals surface area contributed by atoms with Crippen LogP contribution in [0.15, 0.2) is 47.6 Å². The third-order valence-corrected chi connectivity index (χ3v) is 5.16. The van der Waals surface area contributed by atoms with Crippen molar-refractivity contribution >= 4 is 23.5 Å². The summed E-state index contributed by atoms with van der Waals surface area (Å²) in [6.07, 6.45) is 2.44. The molecule has 0 atom stereocenters. The Balaban J connectivity index is 1.82. The van der Waals surface area contributed by atoms with E-state index in [-0.39, 0.29) is 23.7 Å². The van der Waals surface area contributed by atoms with Crippen molar-refractivity contribution in [1.29, 1.82) is 0 Å². The Morgan fingerprint density at radius 2 is 2.03 bits per heavy atom. The second-order valence-electron chi connectivity index (χ2n) is 7.67. The zero-order chi connectivity index (χ0) is 22.1. The van der Waals surface area contributed by atoms with E-state index in [0.717, 1.165) is 11.3 Å². The quantitative estimate of drug-likeness (QED) is 0.496. The second kappa shape index (κ2) is 10.9. The Morgan fingerprint density at radius 3 is 2.67 bits per heavy atom. The predicted molar refractivity (Wildman–Crippen MR) is 119 cm³/mol. The standard InChI is InChI=1S/C22H29ClFN5O/c1-22(2,18-9-8-16(24)13-19(18)23)15-28-21(25-3)27-14-20(30)29(4)12-10-17-7-5-6-11-26-17/h5-9,11,13H,10,12,14-15H2,1-4H3,(H2,25,27,28). The molecule has 2 rings (SSSR count). The van der Waals surface area contributed by atoms with Gasteiger partial charge in [0, 0.05) is 55.9 Å². The summed E-state index contributed by atoms with van der Waals surface area (Å²) in [6, 6.07) is 10.1. The summed E-state index contributed by atoms with van der Waals surface area (Å²) in [5.41, 5.74) is 1.41. The van der Waals surface area contributed by atoms with Crippen LogP contribution >= 0.6 is 11.6 Å². The van der Waals surface area contributed by atoms with E-state index in [1.54, 1.807) is 31.3 Å². The number of nitrogens with one attached hydrogen (secondary N) is 2. The zero-order valence-electron chi connectivity index (χ0n) is 17.9. The second-order valence-corrected chi connectivity index (χ2v) is 8.08. The largest absolute Gasteiger partial charge is 0.356 e. The van der Waals surface area contributed by atoms with Gasteiger partial charge in [0.25, 0.3) is 0 Å². The smallest absolute Gasteiger partial charge is 0.241 e. The average Bonchev–Trinajstić information content (AvgIpc) is 2.72. The number of rotatable bonds is 8. The lowest BCUT2D eigenvalue weighted by atomic mass is 9.84. The van der Waals surface area contributed by atoms with Crippen LogP contribution in [0, 0.1) is 5.82 Å². The number of benzene rings is 1. The predicted octanol–water partition coefficient (Wildman–Crippen LogP) is 3.02. The van der Waals surface area contributed by atoms with Crippen LogP contribution in [0.4, 0.5) is 4.39 Å². The maximum absolute atomic E-state index is 13.3. The van der Waals surface area contributed by atoms with E-state index < -0.39 is 0 Å². The number of hydrogen-bond acceptors (Lipinski definition) is 3. The van der Waals surface area contributed by atoms with Crippen LogP contribution in [-0.4, -0.2) is 55.5 Å². The van der Waals surface area contributed by atoms with Gasteiger partial charge in [-0.2, -0.15) is 0 Å². The molecule has 0 saturated heterocycles. The minimum atomic E-state index is -0.369. The summed E-state index contributed by atoms with van der Waals surface area (Å²) in [7, 11) is 3.41. The molecule has 8 heteroatoms. The number of carbonyl (C=O) groups is 1. The molecule has 1 amide bonds. The van der Waals surface area contributed by atoms with Crippen LogP contribution in [0.1, 0.15) is 25.1 Å². The van der Waals surface area contributed by atoms with E-state index in [0.29, 0.717) is 30.5 Å². The van der Waals surface area contributed by atoms with Gasteiger partial charge in [-0.1, -0.05) is 37.6 Å². The molecule has 0 radical (unpaired) electrons. The van der Waals surface area contributed by atoms with E-state index in [2.05, 4.69) is 20.6 Å². The van der Waals surface area contributed by atoms with Crippen LogP contribution in [0.2, 0.25) is 5.02 Å². The molecule has 162 valence electrons. The molecular weight excluding hydrogens is 405 g/mol. The Bertz CT molecular complexity index is 873. The van der Waals surface area contributed by atoms with Gasteiger partial charge >= 0.3 is 0 Å². The Hall–Kier alpha value is -2.67. The lowest BCUT2D eigenvalue weighted by Gasteiger charge is -2.28. The lowest BCUT2D eigenvalue weighted by Crippen LogP contribution is -2.47. The first-order valence-electron chi connectivity index (χ1n) is 9.77. The van der Waals surface area contributed by atoms with Crippen LogP contribution in [0.3, 0.4) is 0 Å². The van der Waals surface area contributed by atoms with Gasteiger partial charge in [0.2, 0.25) is 5.91 Å². The lowest BCUT2D eigenvalue weighted by molar-refractivity contribution is -0.128. The monoisotopic (exact) mass is 433 g/mol. The fourth-order valence-electron chi connectivity index (χ4n) is 2.91. The first-order valence-corrected chi connectivity index (χ1v) is 10.1. The normalized spacial score (nSPS) is 11.9. The number of halogens is 2. The molecule has 0 aliphatic rings. The van der Waals surface area contributed by atoms with Gasteiger partial charge in [-0.15, -0.1) is 0 Å². The minimum Gasteiger partial charge on any atom is -0.356 e. The van der Waals surface area contributed by atoms with Gasteiger partial charge in [-0.05, 0) is 29.8 Å². The number of aromatic nitrogens is 1. The van der Waals surface area contributed by atoms with Crippen LogP contribution in [0.5, 0.6) is 0 Å². The number of guanidine groups is 1. The van der Waals surface area contributed by atoms with Crippen molar-refractivity contribution in [3.05, 3.63) is 64.7 Å². The molecular formula is C22H29ClFN5O. The molecule has 6 nitrogen and oxygen atoms in total. The molecule has 1 heterocycles. The number of likely N-dealkylation sites (N-methyl/N-ethyl adjacent to an activating group) is 1. The number of nitrogens with zero attached hydrogens (tertiary/aromatic N) is 3. The molecule has 0 bridgehead atoms. The van der Waals surface area contributed by atoms with E-state index >= 15 is 0 Å². The highest BCUT2D eigenvalue weighted by atomic mass is 35.5. The Kier molecular flexibility index (Phi) is 8.59. The Labute approximate surface area is 182 Å². The highest BCUT2D eigenvalue weighted by Crippen LogP contribution is 2.29. The van der Waals surface area contributed by atoms with E-state index in [1.165, 1.54) is 12.1 Å². The van der Waals surface area contributed by atoms with Crippen molar-refractivity contribution in [2.24, 2.45) is 4.99 Å². The van der Waals surface area contributed by atoms with Gasteiger partial charge in [0.1, 0.15) is 5.82 Å². The van der Waals surface area contributed by atoms with Gasteiger partial charge < -0.3 is 15.5 Å². The topological polar surface area (TPSA) is 69.6 Å². The maximum Gasteiger partial charge on any atom is 0.241 e. The van der Waals surface area contributed by atoms with Gasteiger partial charge in [0.15, 0.2) is 5.96 Å². The van der Waals surface area contributed by atoms with Gasteiger partial charge in [-0.3, -0.25) is 14.8 Å². The fraction of sp³-hybridized carbons (Fsp3) is 0.409. The molecule has 0 spiro atoms. The number of carbonyl (C=O) groups excluding carboxylic acids is 1. The maximum atomic E-state index is 13.3. The third kappa shape index (κ3) is 6.99. The molecule has 0 aliphatic heterocycles. The highest BCUT2D eigenvalue weighted by molar-refractivity contribution is 6.31. The number of pyridine rings is 1. The summed E-state index contributed by atoms with van der Waals surface area (Å²) in [6.45, 7) is 5.21. The van der Waals surface area contributed by atoms with E-state index in [9.17, 15) is 9.18 Å². The Morgan fingerprint density at radius 1 is 1.27 bits per heavy atom. The van der Waals surface area contributed by atoms with Crippen molar-refractivity contribution in [1.82, 2.24) is 20.5 Å². The van der Waals surface area contributed by atoms with Crippen molar-refractivity contribution in [2.75, 3.05) is 33.7 Å². The number of amides is 1. The van der Waals surface area contributed by atoms with E-state index in [4.69, 9.17) is 11.6 Å². The van der Waals surface area contributed by atoms with Crippen LogP contribution < -0.4 is 10.6 Å². The highest BCUT2D eigenvalue weighted by Gasteiger charge is 2.24. The van der Waals surface area contributed by atoms with E-state index in [1.807, 2.05) is 32.0 Å². The minimum absolute atomic E-state index is 0.0466. The van der Waals surface area contributed by atoms with Crippen molar-refractivity contribution in [3.8, 4) is 0 Å². The molecule has 30 heavy (non-hydrogen) atoms. The molecule has 0 aliphatic carbocycles. The van der Waals surface area contributed by atoms with Gasteiger partial charge in [-0.25, -0.2) is 4.39 Å². The zero-order valence-corrected chi connectivity index (χ0v) is 18.6. The molecule has 0 unspecified atom stereocenters. The number of aliphatic imine (C=N–C) groups is 1. The average molecular weight is 434 g/mol. The number of hydrogen-bond donors (Lipinski definition) is 2. The SMILES string of the molecule is CN=C(NCC(=O)N(C)CCc1ccccn1)NCC(C)(C)c1ccc(F)cc1Cl. The molecule has 2 N–H and O–H groups in total. The summed E-state index contributed by atoms with van der Waals surface area (Å²) < 4.78 is 13.3. The molecule has 1 aromatic carbocycles. The summed E-state index contributed by atoms with van der Waals surface area (Å²) in [5.74, 6) is 0.0955. The first kappa shape index (κ1) is 23.6. The first-order chi connectivity index (χ1) is 14.2. The van der Waals surface area contributed by atoms with Crippen molar-refractivity contribution in [2.45, 2.75) is 25.7 Å². The fourth-order valence-corrected chi connectivity index (χ4v) is 3.33. The van der Waals surface area contributed by atoms with Gasteiger partial charge in [0.05, 0.1) is 6.54 Å². The van der Waals surface area contributed by atoms with Crippen LogP contribution in [-0.2, 0) is 16.6 Å². The third-order valence-electron chi connectivity index (χ3n) is 4.84. The van der Waals surface area contributed by atoms with Crippen molar-refractivity contribution < 1.29 is 9.18 Å². The van der Waals surface area contributed by atoms with Crippen molar-refractivity contribution in [3.63, 3.8) is 0 Å². The molecule has 0 fully saturated rings. The van der Waals surface area contributed by atoms with Crippen LogP contribution in [0.25, 0.3) is 0 Å².